The number of benzene rings is 2. The summed E-state index contributed by atoms with van der Waals surface area (Å²) < 4.78 is 42.4. The highest BCUT2D eigenvalue weighted by Crippen LogP contribution is 2.26. The summed E-state index contributed by atoms with van der Waals surface area (Å²) in [6.07, 6.45) is 0.693. The Kier molecular flexibility index (Phi) is 5.20. The van der Waals surface area contributed by atoms with E-state index >= 15 is 0 Å². The fourth-order valence-corrected chi connectivity index (χ4v) is 4.66. The van der Waals surface area contributed by atoms with Gasteiger partial charge in [0.1, 0.15) is 5.82 Å². The van der Waals surface area contributed by atoms with E-state index < -0.39 is 16.0 Å². The predicted octanol–water partition coefficient (Wildman–Crippen LogP) is 3.43. The van der Waals surface area contributed by atoms with Gasteiger partial charge in [0.2, 0.25) is 0 Å². The van der Waals surface area contributed by atoms with Crippen LogP contribution in [0.15, 0.2) is 48.5 Å². The van der Waals surface area contributed by atoms with E-state index in [1.54, 1.807) is 6.07 Å². The average molecular weight is 369 g/mol. The van der Waals surface area contributed by atoms with Crippen molar-refractivity contribution in [1.29, 1.82) is 0 Å². The van der Waals surface area contributed by atoms with Gasteiger partial charge in [-0.1, -0.05) is 48.0 Å². The second-order valence-electron chi connectivity index (χ2n) is 5.71. The highest BCUT2D eigenvalue weighted by atomic mass is 35.5. The van der Waals surface area contributed by atoms with Crippen molar-refractivity contribution < 1.29 is 12.8 Å². The van der Waals surface area contributed by atoms with E-state index in [9.17, 15) is 12.8 Å². The molecular weight excluding hydrogens is 351 g/mol. The van der Waals surface area contributed by atoms with Gasteiger partial charge in [0.15, 0.2) is 0 Å². The molecule has 0 saturated carbocycles. The van der Waals surface area contributed by atoms with Gasteiger partial charge in [0.25, 0.3) is 10.2 Å². The maximum Gasteiger partial charge on any atom is 0.282 e. The molecule has 0 radical (unpaired) electrons. The van der Waals surface area contributed by atoms with Gasteiger partial charge in [-0.2, -0.15) is 17.0 Å². The lowest BCUT2D eigenvalue weighted by Gasteiger charge is -2.34. The molecule has 0 unspecified atom stereocenters. The van der Waals surface area contributed by atoms with Crippen LogP contribution in [0.5, 0.6) is 0 Å². The third kappa shape index (κ3) is 3.62. The van der Waals surface area contributed by atoms with E-state index in [4.69, 9.17) is 11.6 Å². The van der Waals surface area contributed by atoms with Gasteiger partial charge in [-0.05, 0) is 24.1 Å². The summed E-state index contributed by atoms with van der Waals surface area (Å²) in [5.41, 5.74) is 1.14. The summed E-state index contributed by atoms with van der Waals surface area (Å²) in [4.78, 5) is 0. The Morgan fingerprint density at radius 1 is 0.958 bits per heavy atom. The molecule has 1 aliphatic rings. The molecule has 128 valence electrons. The monoisotopic (exact) mass is 368 g/mol. The molecule has 0 N–H and O–H groups in total. The van der Waals surface area contributed by atoms with Crippen LogP contribution in [-0.4, -0.2) is 30.1 Å². The summed E-state index contributed by atoms with van der Waals surface area (Å²) >= 11 is 6.03. The van der Waals surface area contributed by atoms with Crippen LogP contribution < -0.4 is 0 Å². The third-order valence-electron chi connectivity index (χ3n) is 4.07. The number of rotatable bonds is 4. The Hall–Kier alpha value is -1.47. The summed E-state index contributed by atoms with van der Waals surface area (Å²) in [7, 11) is -3.65. The molecule has 3 rings (SSSR count). The van der Waals surface area contributed by atoms with Crippen LogP contribution in [0.2, 0.25) is 5.02 Å². The molecule has 1 heterocycles. The SMILES string of the molecule is O=S1(=O)N(Cc2ccccc2)CCCN1Cc1c(F)cccc1Cl. The first-order valence-electron chi connectivity index (χ1n) is 7.70. The van der Waals surface area contributed by atoms with Crippen LogP contribution >= 0.6 is 11.6 Å². The lowest BCUT2D eigenvalue weighted by Crippen LogP contribution is -2.48. The lowest BCUT2D eigenvalue weighted by atomic mass is 10.2. The van der Waals surface area contributed by atoms with E-state index in [-0.39, 0.29) is 17.1 Å². The first kappa shape index (κ1) is 17.4. The molecule has 1 saturated heterocycles. The van der Waals surface area contributed by atoms with Crippen molar-refractivity contribution in [3.8, 4) is 0 Å². The van der Waals surface area contributed by atoms with Crippen LogP contribution in [0.4, 0.5) is 4.39 Å². The fraction of sp³-hybridized carbons (Fsp3) is 0.294. The summed E-state index contributed by atoms with van der Waals surface area (Å²) in [5, 5.41) is 0.241. The molecule has 0 aliphatic carbocycles. The molecule has 0 amide bonds. The van der Waals surface area contributed by atoms with Crippen LogP contribution in [0, 0.1) is 5.82 Å². The minimum absolute atomic E-state index is 0.0564. The van der Waals surface area contributed by atoms with Gasteiger partial charge in [-0.3, -0.25) is 0 Å². The van der Waals surface area contributed by atoms with E-state index in [2.05, 4.69) is 0 Å². The third-order valence-corrected chi connectivity index (χ3v) is 6.35. The predicted molar refractivity (Wildman–Crippen MR) is 92.2 cm³/mol. The van der Waals surface area contributed by atoms with Gasteiger partial charge < -0.3 is 0 Å². The molecule has 2 aromatic rings. The largest absolute Gasteiger partial charge is 0.282 e. The lowest BCUT2D eigenvalue weighted by molar-refractivity contribution is 0.274. The van der Waals surface area contributed by atoms with Gasteiger partial charge in [-0.25, -0.2) is 4.39 Å². The molecule has 0 bridgehead atoms. The number of halogens is 2. The summed E-state index contributed by atoms with van der Waals surface area (Å²) in [6.45, 7) is 1.07. The summed E-state index contributed by atoms with van der Waals surface area (Å²) in [5.74, 6) is -0.488. The normalized spacial score (nSPS) is 18.6. The topological polar surface area (TPSA) is 40.6 Å². The molecule has 24 heavy (non-hydrogen) atoms. The van der Waals surface area contributed by atoms with Gasteiger partial charge in [0.05, 0.1) is 0 Å². The number of nitrogens with zero attached hydrogens (tertiary/aromatic N) is 2. The van der Waals surface area contributed by atoms with Crippen molar-refractivity contribution in [2.45, 2.75) is 19.5 Å². The van der Waals surface area contributed by atoms with Crippen molar-refractivity contribution >= 4 is 21.8 Å². The molecule has 0 aromatic heterocycles. The van der Waals surface area contributed by atoms with Crippen LogP contribution in [0.1, 0.15) is 17.5 Å². The standard InChI is InChI=1S/C17H18ClFN2O2S/c18-16-8-4-9-17(19)15(16)13-21-11-5-10-20(24(21,22)23)12-14-6-2-1-3-7-14/h1-4,6-9H,5,10-13H2. The minimum Gasteiger partial charge on any atom is -0.207 e. The van der Waals surface area contributed by atoms with Gasteiger partial charge >= 0.3 is 0 Å². The molecule has 1 fully saturated rings. The quantitative estimate of drug-likeness (QED) is 0.829. The van der Waals surface area contributed by atoms with Gasteiger partial charge in [0, 0.05) is 36.8 Å². The second kappa shape index (κ2) is 7.19. The van der Waals surface area contributed by atoms with Gasteiger partial charge in [-0.15, -0.1) is 0 Å². The first-order chi connectivity index (χ1) is 11.5. The Balaban J connectivity index is 1.82. The van der Waals surface area contributed by atoms with Crippen molar-refractivity contribution in [3.05, 3.63) is 70.5 Å². The Morgan fingerprint density at radius 3 is 2.29 bits per heavy atom. The molecule has 7 heteroatoms. The minimum atomic E-state index is -3.65. The van der Waals surface area contributed by atoms with Crippen molar-refractivity contribution in [1.82, 2.24) is 8.61 Å². The number of hydrogen-bond acceptors (Lipinski definition) is 2. The molecular formula is C17H18ClFN2O2S. The van der Waals surface area contributed by atoms with Crippen molar-refractivity contribution in [2.75, 3.05) is 13.1 Å². The van der Waals surface area contributed by atoms with Crippen LogP contribution in [0.25, 0.3) is 0 Å². The number of hydrogen-bond donors (Lipinski definition) is 0. The Labute approximate surface area is 146 Å². The van der Waals surface area contributed by atoms with E-state index in [0.29, 0.717) is 26.1 Å². The zero-order valence-corrected chi connectivity index (χ0v) is 14.6. The molecule has 2 aromatic carbocycles. The Bertz CT molecular complexity index is 794. The smallest absolute Gasteiger partial charge is 0.207 e. The maximum absolute atomic E-state index is 14.0. The highest BCUT2D eigenvalue weighted by Gasteiger charge is 2.34. The zero-order valence-electron chi connectivity index (χ0n) is 13.0. The average Bonchev–Trinajstić information content (AvgIpc) is 2.55. The second-order valence-corrected chi connectivity index (χ2v) is 8.05. The zero-order chi connectivity index (χ0) is 17.2. The fourth-order valence-electron chi connectivity index (χ4n) is 2.79. The molecule has 0 spiro atoms. The van der Waals surface area contributed by atoms with Crippen LogP contribution in [0.3, 0.4) is 0 Å². The Morgan fingerprint density at radius 2 is 1.62 bits per heavy atom. The van der Waals surface area contributed by atoms with Crippen LogP contribution in [-0.2, 0) is 23.3 Å². The molecule has 4 nitrogen and oxygen atoms in total. The summed E-state index contributed by atoms with van der Waals surface area (Å²) in [6, 6.07) is 13.8. The van der Waals surface area contributed by atoms with E-state index in [0.717, 1.165) is 5.56 Å². The van der Waals surface area contributed by atoms with E-state index in [1.807, 2.05) is 30.3 Å². The first-order valence-corrected chi connectivity index (χ1v) is 9.48. The maximum atomic E-state index is 14.0. The molecule has 0 atom stereocenters. The van der Waals surface area contributed by atoms with Crippen molar-refractivity contribution in [3.63, 3.8) is 0 Å². The highest BCUT2D eigenvalue weighted by molar-refractivity contribution is 7.86. The van der Waals surface area contributed by atoms with E-state index in [1.165, 1.54) is 20.7 Å². The molecule has 1 aliphatic heterocycles. The van der Waals surface area contributed by atoms with Crippen molar-refractivity contribution in [2.24, 2.45) is 0 Å².